The van der Waals surface area contributed by atoms with E-state index >= 15 is 0 Å². The number of benzene rings is 2. The Morgan fingerprint density at radius 3 is 2.26 bits per heavy atom. The van der Waals surface area contributed by atoms with Gasteiger partial charge >= 0.3 is 0 Å². The van der Waals surface area contributed by atoms with Gasteiger partial charge in [0.2, 0.25) is 10.0 Å². The molecular formula is C25H30ClN5O2S. The number of para-hydroxylation sites is 1. The number of rotatable bonds is 6. The first kappa shape index (κ1) is 23.5. The van der Waals surface area contributed by atoms with Gasteiger partial charge in [0.05, 0.1) is 10.4 Å². The van der Waals surface area contributed by atoms with Gasteiger partial charge in [0, 0.05) is 62.6 Å². The van der Waals surface area contributed by atoms with Crippen LogP contribution in [0.2, 0.25) is 5.02 Å². The third-order valence-electron chi connectivity index (χ3n) is 6.72. The van der Waals surface area contributed by atoms with Gasteiger partial charge in [-0.15, -0.1) is 0 Å². The maximum atomic E-state index is 12.9. The van der Waals surface area contributed by atoms with Crippen molar-refractivity contribution in [2.45, 2.75) is 30.6 Å². The van der Waals surface area contributed by atoms with Gasteiger partial charge in [0.15, 0.2) is 0 Å². The van der Waals surface area contributed by atoms with Crippen LogP contribution >= 0.6 is 11.6 Å². The molecule has 9 heteroatoms. The molecule has 0 atom stereocenters. The number of anilines is 1. The first-order valence-corrected chi connectivity index (χ1v) is 13.8. The highest BCUT2D eigenvalue weighted by atomic mass is 35.5. The number of piperazine rings is 1. The zero-order valence-corrected chi connectivity index (χ0v) is 20.8. The average molecular weight is 500 g/mol. The fourth-order valence-corrected chi connectivity index (χ4v) is 6.32. The Morgan fingerprint density at radius 1 is 0.824 bits per heavy atom. The number of fused-ring (bicyclic) bond motifs is 1. The highest BCUT2D eigenvalue weighted by Gasteiger charge is 2.28. The number of halogens is 1. The van der Waals surface area contributed by atoms with Crippen LogP contribution in [0.1, 0.15) is 25.1 Å². The number of piperidine rings is 1. The first-order chi connectivity index (χ1) is 16.5. The molecule has 7 nitrogen and oxygen atoms in total. The molecule has 0 radical (unpaired) electrons. The molecular weight excluding hydrogens is 470 g/mol. The van der Waals surface area contributed by atoms with E-state index < -0.39 is 10.0 Å². The largest absolute Gasteiger partial charge is 0.356 e. The van der Waals surface area contributed by atoms with Crippen molar-refractivity contribution in [3.63, 3.8) is 0 Å². The van der Waals surface area contributed by atoms with Crippen LogP contribution in [0, 0.1) is 0 Å². The Labute approximate surface area is 206 Å². The lowest BCUT2D eigenvalue weighted by Crippen LogP contribution is -2.49. The minimum absolute atomic E-state index is 0.292. The van der Waals surface area contributed by atoms with E-state index in [1.54, 1.807) is 28.6 Å². The summed E-state index contributed by atoms with van der Waals surface area (Å²) in [4.78, 5) is 14.8. The second-order valence-corrected chi connectivity index (χ2v) is 11.4. The summed E-state index contributed by atoms with van der Waals surface area (Å²) in [5, 5.41) is 1.65. The van der Waals surface area contributed by atoms with Gasteiger partial charge in [-0.3, -0.25) is 0 Å². The summed E-state index contributed by atoms with van der Waals surface area (Å²) in [6.45, 7) is 5.24. The fraction of sp³-hybridized carbons (Fsp3) is 0.440. The molecule has 0 spiro atoms. The van der Waals surface area contributed by atoms with E-state index in [1.807, 2.05) is 6.07 Å². The van der Waals surface area contributed by atoms with Crippen molar-refractivity contribution >= 4 is 38.3 Å². The average Bonchev–Trinajstić information content (AvgIpc) is 2.88. The predicted octanol–water partition coefficient (Wildman–Crippen LogP) is 3.82. The number of hydrogen-bond acceptors (Lipinski definition) is 6. The normalized spacial score (nSPS) is 18.4. The molecule has 3 heterocycles. The van der Waals surface area contributed by atoms with Gasteiger partial charge in [-0.1, -0.05) is 23.7 Å². The quantitative estimate of drug-likeness (QED) is 0.513. The van der Waals surface area contributed by atoms with E-state index in [-0.39, 0.29) is 0 Å². The van der Waals surface area contributed by atoms with Crippen LogP contribution in [0.25, 0.3) is 10.9 Å². The van der Waals surface area contributed by atoms with E-state index in [0.717, 1.165) is 48.6 Å². The summed E-state index contributed by atoms with van der Waals surface area (Å²) < 4.78 is 27.4. The van der Waals surface area contributed by atoms with Gasteiger partial charge in [-0.25, -0.2) is 18.4 Å². The predicted molar refractivity (Wildman–Crippen MR) is 136 cm³/mol. The van der Waals surface area contributed by atoms with Gasteiger partial charge in [-0.2, -0.15) is 4.31 Å². The fourth-order valence-electron chi connectivity index (χ4n) is 4.77. The molecule has 0 amide bonds. The molecule has 2 saturated heterocycles. The molecule has 34 heavy (non-hydrogen) atoms. The second kappa shape index (κ2) is 10.2. The molecule has 3 aromatic rings. The van der Waals surface area contributed by atoms with Crippen LogP contribution in [0.5, 0.6) is 0 Å². The van der Waals surface area contributed by atoms with Crippen LogP contribution in [0.3, 0.4) is 0 Å². The molecule has 5 rings (SSSR count). The Bertz CT molecular complexity index is 1240. The van der Waals surface area contributed by atoms with Crippen LogP contribution in [0.15, 0.2) is 53.4 Å². The van der Waals surface area contributed by atoms with Gasteiger partial charge in [0.25, 0.3) is 0 Å². The van der Waals surface area contributed by atoms with E-state index in [4.69, 9.17) is 21.6 Å². The van der Waals surface area contributed by atoms with Crippen molar-refractivity contribution in [3.05, 3.63) is 59.4 Å². The Kier molecular flexibility index (Phi) is 7.01. The topological polar surface area (TPSA) is 69.6 Å². The van der Waals surface area contributed by atoms with Crippen LogP contribution < -0.4 is 4.90 Å². The van der Waals surface area contributed by atoms with Crippen molar-refractivity contribution in [2.24, 2.45) is 0 Å². The minimum atomic E-state index is -3.49. The van der Waals surface area contributed by atoms with Gasteiger partial charge < -0.3 is 9.80 Å². The second-order valence-electron chi connectivity index (χ2n) is 8.98. The van der Waals surface area contributed by atoms with Crippen molar-refractivity contribution in [2.75, 3.05) is 50.7 Å². The van der Waals surface area contributed by atoms with Crippen molar-refractivity contribution in [3.8, 4) is 0 Å². The van der Waals surface area contributed by atoms with E-state index in [0.29, 0.717) is 36.1 Å². The lowest BCUT2D eigenvalue weighted by molar-refractivity contribution is 0.189. The molecule has 180 valence electrons. The summed E-state index contributed by atoms with van der Waals surface area (Å²) in [6.07, 6.45) is 4.44. The van der Waals surface area contributed by atoms with Crippen LogP contribution in [0.4, 0.5) is 5.82 Å². The van der Waals surface area contributed by atoms with Crippen LogP contribution in [-0.4, -0.2) is 73.4 Å². The molecule has 2 aromatic carbocycles. The van der Waals surface area contributed by atoms with Gasteiger partial charge in [-0.05, 0) is 55.7 Å². The molecule has 2 aliphatic rings. The zero-order chi connectivity index (χ0) is 23.5. The van der Waals surface area contributed by atoms with E-state index in [9.17, 15) is 8.42 Å². The molecule has 2 fully saturated rings. The van der Waals surface area contributed by atoms with Crippen LogP contribution in [-0.2, 0) is 16.4 Å². The zero-order valence-electron chi connectivity index (χ0n) is 19.2. The van der Waals surface area contributed by atoms with Gasteiger partial charge in [0.1, 0.15) is 11.6 Å². The van der Waals surface area contributed by atoms with E-state index in [1.165, 1.54) is 19.3 Å². The lowest BCUT2D eigenvalue weighted by atomic mass is 10.1. The molecule has 0 aliphatic carbocycles. The number of aromatic nitrogens is 2. The first-order valence-electron chi connectivity index (χ1n) is 12.0. The Balaban J connectivity index is 1.24. The number of hydrogen-bond donors (Lipinski definition) is 0. The minimum Gasteiger partial charge on any atom is -0.356 e. The maximum absolute atomic E-state index is 12.9. The summed E-state index contributed by atoms with van der Waals surface area (Å²) in [7, 11) is -3.49. The number of sulfonamides is 1. The Hall–Kier alpha value is -2.26. The standard InChI is InChI=1S/C25H30ClN5O2S/c26-20-8-10-21(11-9-20)34(32,33)31-18-16-29(17-19-31)15-12-24-27-23-7-3-2-6-22(23)25(28-24)30-13-4-1-5-14-30/h2-3,6-11H,1,4-5,12-19H2. The maximum Gasteiger partial charge on any atom is 0.243 e. The summed E-state index contributed by atoms with van der Waals surface area (Å²) >= 11 is 5.91. The molecule has 2 aliphatic heterocycles. The number of nitrogens with zero attached hydrogens (tertiary/aromatic N) is 5. The van der Waals surface area contributed by atoms with E-state index in [2.05, 4.69) is 28.0 Å². The summed E-state index contributed by atoms with van der Waals surface area (Å²) in [5.74, 6) is 1.91. The summed E-state index contributed by atoms with van der Waals surface area (Å²) in [5.41, 5.74) is 0.993. The SMILES string of the molecule is O=S(=O)(c1ccc(Cl)cc1)N1CCN(CCc2nc(N3CCCCC3)c3ccccc3n2)CC1. The monoisotopic (exact) mass is 499 g/mol. The highest BCUT2D eigenvalue weighted by molar-refractivity contribution is 7.89. The molecule has 0 unspecified atom stereocenters. The van der Waals surface area contributed by atoms with Crippen molar-refractivity contribution in [1.82, 2.24) is 19.2 Å². The van der Waals surface area contributed by atoms with Crippen molar-refractivity contribution < 1.29 is 8.42 Å². The molecule has 0 bridgehead atoms. The van der Waals surface area contributed by atoms with Crippen molar-refractivity contribution in [1.29, 1.82) is 0 Å². The Morgan fingerprint density at radius 2 is 1.53 bits per heavy atom. The smallest absolute Gasteiger partial charge is 0.243 e. The third-order valence-corrected chi connectivity index (χ3v) is 8.88. The highest BCUT2D eigenvalue weighted by Crippen LogP contribution is 2.27. The molecule has 1 aromatic heterocycles. The lowest BCUT2D eigenvalue weighted by Gasteiger charge is -2.34. The molecule has 0 saturated carbocycles. The third kappa shape index (κ3) is 5.05. The molecule has 0 N–H and O–H groups in total. The summed E-state index contributed by atoms with van der Waals surface area (Å²) in [6, 6.07) is 14.6.